The lowest BCUT2D eigenvalue weighted by Gasteiger charge is -2.09. The minimum Gasteiger partial charge on any atom is -0.437 e. The molecule has 0 unspecified atom stereocenters. The Kier molecular flexibility index (Phi) is 4.26. The standard InChI is InChI=1S/C12H8BrCl2NO/c13-9-5-8(6-14)12(16-7-9)17-11-4-2-1-3-10(11)15/h1-5,7H,6H2. The Morgan fingerprint density at radius 1 is 1.29 bits per heavy atom. The molecule has 0 bridgehead atoms. The van der Waals surface area contributed by atoms with Crippen LogP contribution < -0.4 is 4.74 Å². The Balaban J connectivity index is 2.33. The van der Waals surface area contributed by atoms with E-state index in [1.165, 1.54) is 0 Å². The van der Waals surface area contributed by atoms with Crippen molar-refractivity contribution in [3.05, 3.63) is 51.6 Å². The van der Waals surface area contributed by atoms with E-state index in [1.54, 1.807) is 18.3 Å². The maximum absolute atomic E-state index is 6.01. The second kappa shape index (κ2) is 5.71. The summed E-state index contributed by atoms with van der Waals surface area (Å²) >= 11 is 15.2. The van der Waals surface area contributed by atoms with Crippen LogP contribution in [0.2, 0.25) is 5.02 Å². The monoisotopic (exact) mass is 331 g/mol. The van der Waals surface area contributed by atoms with Crippen molar-refractivity contribution in [2.45, 2.75) is 5.88 Å². The van der Waals surface area contributed by atoms with Gasteiger partial charge in [-0.05, 0) is 34.1 Å². The van der Waals surface area contributed by atoms with Crippen LogP contribution in [0.15, 0.2) is 41.0 Å². The summed E-state index contributed by atoms with van der Waals surface area (Å²) < 4.78 is 6.50. The van der Waals surface area contributed by atoms with Crippen molar-refractivity contribution in [1.29, 1.82) is 0 Å². The number of hydrogen-bond donors (Lipinski definition) is 0. The number of hydrogen-bond acceptors (Lipinski definition) is 2. The first kappa shape index (κ1) is 12.7. The topological polar surface area (TPSA) is 22.1 Å². The van der Waals surface area contributed by atoms with E-state index in [1.807, 2.05) is 18.2 Å². The van der Waals surface area contributed by atoms with Gasteiger partial charge in [0.15, 0.2) is 0 Å². The SMILES string of the molecule is ClCc1cc(Br)cnc1Oc1ccccc1Cl. The molecule has 0 radical (unpaired) electrons. The molecule has 1 heterocycles. The average molecular weight is 333 g/mol. The summed E-state index contributed by atoms with van der Waals surface area (Å²) in [4.78, 5) is 4.17. The molecule has 0 saturated carbocycles. The van der Waals surface area contributed by atoms with Crippen molar-refractivity contribution in [3.8, 4) is 11.6 Å². The van der Waals surface area contributed by atoms with E-state index in [0.29, 0.717) is 22.5 Å². The summed E-state index contributed by atoms with van der Waals surface area (Å²) in [6.45, 7) is 0. The van der Waals surface area contributed by atoms with Crippen LogP contribution in [0.1, 0.15) is 5.56 Å². The van der Waals surface area contributed by atoms with Crippen molar-refractivity contribution >= 4 is 39.1 Å². The molecule has 1 aromatic carbocycles. The quantitative estimate of drug-likeness (QED) is 0.735. The molecule has 0 fully saturated rings. The van der Waals surface area contributed by atoms with Gasteiger partial charge in [0.05, 0.1) is 10.9 Å². The number of halogens is 3. The van der Waals surface area contributed by atoms with Crippen LogP contribution in [-0.4, -0.2) is 4.98 Å². The lowest BCUT2D eigenvalue weighted by molar-refractivity contribution is 0.458. The minimum atomic E-state index is 0.326. The maximum Gasteiger partial charge on any atom is 0.223 e. The van der Waals surface area contributed by atoms with Crippen LogP contribution in [0, 0.1) is 0 Å². The molecule has 17 heavy (non-hydrogen) atoms. The summed E-state index contributed by atoms with van der Waals surface area (Å²) in [5.74, 6) is 1.36. The molecular formula is C12H8BrCl2NO. The second-order valence-electron chi connectivity index (χ2n) is 3.28. The predicted molar refractivity (Wildman–Crippen MR) is 73.0 cm³/mol. The van der Waals surface area contributed by atoms with Crippen LogP contribution in [0.5, 0.6) is 11.6 Å². The molecule has 0 atom stereocenters. The van der Waals surface area contributed by atoms with Crippen molar-refractivity contribution in [2.75, 3.05) is 0 Å². The summed E-state index contributed by atoms with van der Waals surface area (Å²) in [5.41, 5.74) is 0.806. The molecule has 2 rings (SSSR count). The lowest BCUT2D eigenvalue weighted by atomic mass is 10.3. The minimum absolute atomic E-state index is 0.326. The predicted octanol–water partition coefficient (Wildman–Crippen LogP) is 5.03. The third kappa shape index (κ3) is 3.12. The van der Waals surface area contributed by atoms with Crippen LogP contribution >= 0.6 is 39.1 Å². The Morgan fingerprint density at radius 2 is 2.06 bits per heavy atom. The number of rotatable bonds is 3. The first-order valence-corrected chi connectivity index (χ1v) is 6.54. The van der Waals surface area contributed by atoms with Gasteiger partial charge >= 0.3 is 0 Å². The number of para-hydroxylation sites is 1. The molecular weight excluding hydrogens is 325 g/mol. The number of ether oxygens (including phenoxy) is 1. The molecule has 2 aromatic rings. The van der Waals surface area contributed by atoms with Gasteiger partial charge in [-0.2, -0.15) is 0 Å². The van der Waals surface area contributed by atoms with Crippen molar-refractivity contribution < 1.29 is 4.74 Å². The molecule has 0 spiro atoms. The molecule has 1 aromatic heterocycles. The highest BCUT2D eigenvalue weighted by atomic mass is 79.9. The normalized spacial score (nSPS) is 10.3. The summed E-state index contributed by atoms with van der Waals surface area (Å²) in [7, 11) is 0. The Bertz CT molecular complexity index is 534. The molecule has 0 amide bonds. The highest BCUT2D eigenvalue weighted by molar-refractivity contribution is 9.10. The molecule has 2 nitrogen and oxygen atoms in total. The van der Waals surface area contributed by atoms with Crippen molar-refractivity contribution in [3.63, 3.8) is 0 Å². The zero-order valence-electron chi connectivity index (χ0n) is 8.66. The van der Waals surface area contributed by atoms with Gasteiger partial charge in [-0.25, -0.2) is 4.98 Å². The van der Waals surface area contributed by atoms with Crippen LogP contribution in [0.25, 0.3) is 0 Å². The van der Waals surface area contributed by atoms with Crippen LogP contribution in [-0.2, 0) is 5.88 Å². The van der Waals surface area contributed by atoms with E-state index in [9.17, 15) is 0 Å². The highest BCUT2D eigenvalue weighted by Crippen LogP contribution is 2.31. The van der Waals surface area contributed by atoms with Crippen molar-refractivity contribution in [1.82, 2.24) is 4.98 Å². The first-order chi connectivity index (χ1) is 8.20. The van der Waals surface area contributed by atoms with E-state index in [2.05, 4.69) is 20.9 Å². The zero-order valence-corrected chi connectivity index (χ0v) is 11.8. The Hall–Kier alpha value is -0.770. The summed E-state index contributed by atoms with van der Waals surface area (Å²) in [6.07, 6.45) is 1.65. The fourth-order valence-corrected chi connectivity index (χ4v) is 2.03. The number of pyridine rings is 1. The summed E-state index contributed by atoms with van der Waals surface area (Å²) in [6, 6.07) is 9.10. The third-order valence-corrected chi connectivity index (χ3v) is 3.11. The highest BCUT2D eigenvalue weighted by Gasteiger charge is 2.08. The summed E-state index contributed by atoms with van der Waals surface area (Å²) in [5, 5.41) is 0.540. The molecule has 0 saturated heterocycles. The van der Waals surface area contributed by atoms with Gasteiger partial charge < -0.3 is 4.74 Å². The second-order valence-corrected chi connectivity index (χ2v) is 4.87. The fraction of sp³-hybridized carbons (Fsp3) is 0.0833. The lowest BCUT2D eigenvalue weighted by Crippen LogP contribution is -1.93. The average Bonchev–Trinajstić information content (AvgIpc) is 2.34. The molecule has 0 aliphatic rings. The Morgan fingerprint density at radius 3 is 2.76 bits per heavy atom. The molecule has 0 aliphatic heterocycles. The van der Waals surface area contributed by atoms with E-state index in [-0.39, 0.29) is 0 Å². The van der Waals surface area contributed by atoms with E-state index < -0.39 is 0 Å². The largest absolute Gasteiger partial charge is 0.437 e. The number of aromatic nitrogens is 1. The van der Waals surface area contributed by atoms with E-state index in [4.69, 9.17) is 27.9 Å². The smallest absolute Gasteiger partial charge is 0.223 e. The van der Waals surface area contributed by atoms with Crippen LogP contribution in [0.3, 0.4) is 0 Å². The van der Waals surface area contributed by atoms with Gasteiger partial charge in [0.2, 0.25) is 5.88 Å². The molecule has 5 heteroatoms. The van der Waals surface area contributed by atoms with Gasteiger partial charge in [0.1, 0.15) is 5.75 Å². The van der Waals surface area contributed by atoms with E-state index in [0.717, 1.165) is 10.0 Å². The zero-order chi connectivity index (χ0) is 12.3. The number of benzene rings is 1. The van der Waals surface area contributed by atoms with Crippen molar-refractivity contribution in [2.24, 2.45) is 0 Å². The van der Waals surface area contributed by atoms with Gasteiger partial charge in [-0.15, -0.1) is 11.6 Å². The Labute approximate surface area is 118 Å². The third-order valence-electron chi connectivity index (χ3n) is 2.08. The van der Waals surface area contributed by atoms with Gasteiger partial charge in [0, 0.05) is 16.2 Å². The van der Waals surface area contributed by atoms with Gasteiger partial charge in [-0.1, -0.05) is 23.7 Å². The van der Waals surface area contributed by atoms with Gasteiger partial charge in [-0.3, -0.25) is 0 Å². The number of nitrogens with zero attached hydrogens (tertiary/aromatic N) is 1. The van der Waals surface area contributed by atoms with E-state index >= 15 is 0 Å². The molecule has 0 aliphatic carbocycles. The van der Waals surface area contributed by atoms with Crippen LogP contribution in [0.4, 0.5) is 0 Å². The molecule has 88 valence electrons. The van der Waals surface area contributed by atoms with Gasteiger partial charge in [0.25, 0.3) is 0 Å². The maximum atomic E-state index is 6.01. The fourth-order valence-electron chi connectivity index (χ4n) is 1.29. The number of alkyl halides is 1. The molecule has 0 N–H and O–H groups in total. The first-order valence-electron chi connectivity index (χ1n) is 4.83.